The number of hydrogen-bond donors (Lipinski definition) is 2. The van der Waals surface area contributed by atoms with Crippen LogP contribution >= 0.6 is 0 Å². The van der Waals surface area contributed by atoms with Crippen molar-refractivity contribution in [1.29, 1.82) is 0 Å². The number of aromatic amines is 1. The maximum absolute atomic E-state index is 13.4. The zero-order chi connectivity index (χ0) is 14.8. The van der Waals surface area contributed by atoms with Gasteiger partial charge >= 0.3 is 5.69 Å². The lowest BCUT2D eigenvalue weighted by atomic mass is 9.90. The molecule has 1 aromatic heterocycles. The Kier molecular flexibility index (Phi) is 3.70. The summed E-state index contributed by atoms with van der Waals surface area (Å²) < 4.78 is 14.5. The van der Waals surface area contributed by atoms with Crippen LogP contribution in [-0.2, 0) is 0 Å². The van der Waals surface area contributed by atoms with Crippen LogP contribution < -0.4 is 16.6 Å². The SMILES string of the molecule is O=c1[nH]c(=O)n(-c2cccc(C3CCNCC3)c2)cc1F. The van der Waals surface area contributed by atoms with E-state index in [1.807, 2.05) is 23.2 Å². The molecule has 1 aromatic carbocycles. The molecule has 2 aromatic rings. The average molecular weight is 289 g/mol. The topological polar surface area (TPSA) is 66.9 Å². The lowest BCUT2D eigenvalue weighted by Gasteiger charge is -2.23. The molecule has 5 nitrogen and oxygen atoms in total. The molecule has 1 aliphatic rings. The smallest absolute Gasteiger partial charge is 0.317 e. The normalized spacial score (nSPS) is 16.0. The van der Waals surface area contributed by atoms with E-state index in [-0.39, 0.29) is 0 Å². The van der Waals surface area contributed by atoms with E-state index >= 15 is 0 Å². The van der Waals surface area contributed by atoms with E-state index in [1.54, 1.807) is 6.07 Å². The third-order valence-electron chi connectivity index (χ3n) is 3.86. The fraction of sp³-hybridized carbons (Fsp3) is 0.333. The molecule has 1 fully saturated rings. The highest BCUT2D eigenvalue weighted by Crippen LogP contribution is 2.26. The van der Waals surface area contributed by atoms with Crippen LogP contribution in [0.4, 0.5) is 4.39 Å². The molecule has 0 amide bonds. The summed E-state index contributed by atoms with van der Waals surface area (Å²) in [6.07, 6.45) is 3.01. The maximum Gasteiger partial charge on any atom is 0.333 e. The second-order valence-corrected chi connectivity index (χ2v) is 5.23. The van der Waals surface area contributed by atoms with Crippen molar-refractivity contribution in [3.63, 3.8) is 0 Å². The van der Waals surface area contributed by atoms with Crippen molar-refractivity contribution in [3.8, 4) is 5.69 Å². The zero-order valence-corrected chi connectivity index (χ0v) is 11.4. The van der Waals surface area contributed by atoms with Crippen LogP contribution in [0.25, 0.3) is 5.69 Å². The first kappa shape index (κ1) is 13.8. The van der Waals surface area contributed by atoms with Crippen molar-refractivity contribution in [2.45, 2.75) is 18.8 Å². The number of rotatable bonds is 2. The van der Waals surface area contributed by atoms with E-state index in [0.29, 0.717) is 11.6 Å². The Morgan fingerprint density at radius 1 is 1.19 bits per heavy atom. The van der Waals surface area contributed by atoms with Gasteiger partial charge in [0.1, 0.15) is 0 Å². The molecule has 0 aliphatic carbocycles. The monoisotopic (exact) mass is 289 g/mol. The van der Waals surface area contributed by atoms with Gasteiger partial charge < -0.3 is 5.32 Å². The highest BCUT2D eigenvalue weighted by molar-refractivity contribution is 5.37. The first-order valence-electron chi connectivity index (χ1n) is 6.97. The molecule has 2 heterocycles. The van der Waals surface area contributed by atoms with E-state index < -0.39 is 17.1 Å². The Bertz CT molecular complexity index is 760. The van der Waals surface area contributed by atoms with E-state index in [0.717, 1.165) is 42.3 Å². The summed E-state index contributed by atoms with van der Waals surface area (Å²) in [5.74, 6) is -0.531. The van der Waals surface area contributed by atoms with Gasteiger partial charge in [-0.2, -0.15) is 4.39 Å². The molecule has 6 heteroatoms. The number of H-pyrrole nitrogens is 1. The summed E-state index contributed by atoms with van der Waals surface area (Å²) in [7, 11) is 0. The first-order valence-corrected chi connectivity index (χ1v) is 6.97. The van der Waals surface area contributed by atoms with Gasteiger partial charge in [0.25, 0.3) is 5.56 Å². The molecule has 21 heavy (non-hydrogen) atoms. The third-order valence-corrected chi connectivity index (χ3v) is 3.86. The summed E-state index contributed by atoms with van der Waals surface area (Å²) in [5, 5.41) is 3.31. The average Bonchev–Trinajstić information content (AvgIpc) is 2.52. The quantitative estimate of drug-likeness (QED) is 0.871. The molecule has 3 rings (SSSR count). The molecular formula is C15H16FN3O2. The molecule has 0 atom stereocenters. The molecule has 1 aliphatic heterocycles. The Labute approximate surface area is 120 Å². The van der Waals surface area contributed by atoms with Crippen molar-refractivity contribution in [2.24, 2.45) is 0 Å². The van der Waals surface area contributed by atoms with Crippen LogP contribution in [0.2, 0.25) is 0 Å². The van der Waals surface area contributed by atoms with Crippen molar-refractivity contribution >= 4 is 0 Å². The van der Waals surface area contributed by atoms with Crippen molar-refractivity contribution in [2.75, 3.05) is 13.1 Å². The highest BCUT2D eigenvalue weighted by atomic mass is 19.1. The number of benzene rings is 1. The maximum atomic E-state index is 13.4. The van der Waals surface area contributed by atoms with E-state index in [2.05, 4.69) is 5.32 Å². The second-order valence-electron chi connectivity index (χ2n) is 5.23. The fourth-order valence-electron chi connectivity index (χ4n) is 2.72. The second kappa shape index (κ2) is 5.65. The molecule has 110 valence electrons. The lowest BCUT2D eigenvalue weighted by molar-refractivity contribution is 0.460. The molecule has 2 N–H and O–H groups in total. The van der Waals surface area contributed by atoms with Crippen LogP contribution in [0.3, 0.4) is 0 Å². The Morgan fingerprint density at radius 3 is 2.71 bits per heavy atom. The number of hydrogen-bond acceptors (Lipinski definition) is 3. The van der Waals surface area contributed by atoms with Gasteiger partial charge in [-0.25, -0.2) is 4.79 Å². The van der Waals surface area contributed by atoms with Crippen LogP contribution in [0.15, 0.2) is 40.1 Å². The van der Waals surface area contributed by atoms with E-state index in [9.17, 15) is 14.0 Å². The first-order chi connectivity index (χ1) is 10.1. The van der Waals surface area contributed by atoms with Gasteiger partial charge in [0.05, 0.1) is 11.9 Å². The van der Waals surface area contributed by atoms with Gasteiger partial charge in [-0.05, 0) is 49.5 Å². The standard InChI is InChI=1S/C15H16FN3O2/c16-13-9-19(15(21)18-14(13)20)12-3-1-2-11(8-12)10-4-6-17-7-5-10/h1-3,8-10,17H,4-7H2,(H,18,20,21). The summed E-state index contributed by atoms with van der Waals surface area (Å²) in [6.45, 7) is 1.95. The molecule has 0 spiro atoms. The summed E-state index contributed by atoms with van der Waals surface area (Å²) >= 11 is 0. The minimum atomic E-state index is -0.995. The Balaban J connectivity index is 2.01. The van der Waals surface area contributed by atoms with Crippen LogP contribution in [0.5, 0.6) is 0 Å². The minimum Gasteiger partial charge on any atom is -0.317 e. The van der Waals surface area contributed by atoms with Gasteiger partial charge in [-0.3, -0.25) is 14.3 Å². The number of halogens is 1. The predicted molar refractivity (Wildman–Crippen MR) is 77.5 cm³/mol. The molecule has 0 unspecified atom stereocenters. The highest BCUT2D eigenvalue weighted by Gasteiger charge is 2.16. The number of nitrogens with one attached hydrogen (secondary N) is 2. The Hall–Kier alpha value is -2.21. The van der Waals surface area contributed by atoms with Gasteiger partial charge in [0.2, 0.25) is 5.82 Å². The third kappa shape index (κ3) is 2.80. The van der Waals surface area contributed by atoms with Crippen molar-refractivity contribution < 1.29 is 4.39 Å². The lowest BCUT2D eigenvalue weighted by Crippen LogP contribution is -2.30. The molecule has 0 bridgehead atoms. The zero-order valence-electron chi connectivity index (χ0n) is 11.4. The Morgan fingerprint density at radius 2 is 1.95 bits per heavy atom. The molecular weight excluding hydrogens is 273 g/mol. The van der Waals surface area contributed by atoms with Crippen LogP contribution in [0, 0.1) is 5.82 Å². The number of aromatic nitrogens is 2. The summed E-state index contributed by atoms with van der Waals surface area (Å²) in [6, 6.07) is 7.48. The van der Waals surface area contributed by atoms with E-state index in [4.69, 9.17) is 0 Å². The van der Waals surface area contributed by atoms with Gasteiger partial charge in [-0.15, -0.1) is 0 Å². The van der Waals surface area contributed by atoms with Crippen molar-refractivity contribution in [3.05, 3.63) is 62.7 Å². The van der Waals surface area contributed by atoms with Crippen LogP contribution in [-0.4, -0.2) is 22.6 Å². The largest absolute Gasteiger partial charge is 0.333 e. The number of nitrogens with zero attached hydrogens (tertiary/aromatic N) is 1. The van der Waals surface area contributed by atoms with Gasteiger partial charge in [-0.1, -0.05) is 12.1 Å². The van der Waals surface area contributed by atoms with Gasteiger partial charge in [0.15, 0.2) is 0 Å². The van der Waals surface area contributed by atoms with Gasteiger partial charge in [0, 0.05) is 0 Å². The number of piperidine rings is 1. The van der Waals surface area contributed by atoms with E-state index in [1.165, 1.54) is 0 Å². The molecule has 0 radical (unpaired) electrons. The summed E-state index contributed by atoms with van der Waals surface area (Å²) in [5.41, 5.74) is 0.0633. The molecule has 0 saturated carbocycles. The van der Waals surface area contributed by atoms with Crippen molar-refractivity contribution in [1.82, 2.24) is 14.9 Å². The summed E-state index contributed by atoms with van der Waals surface area (Å²) in [4.78, 5) is 24.9. The minimum absolute atomic E-state index is 0.439. The predicted octanol–water partition coefficient (Wildman–Crippen LogP) is 1.13. The molecule has 1 saturated heterocycles. The fourth-order valence-corrected chi connectivity index (χ4v) is 2.72. The van der Waals surface area contributed by atoms with Crippen LogP contribution in [0.1, 0.15) is 24.3 Å².